The van der Waals surface area contributed by atoms with Gasteiger partial charge in [-0.1, -0.05) is 23.4 Å². The molecule has 0 radical (unpaired) electrons. The van der Waals surface area contributed by atoms with Gasteiger partial charge >= 0.3 is 0 Å². The second-order valence-electron chi connectivity index (χ2n) is 4.90. The summed E-state index contributed by atoms with van der Waals surface area (Å²) >= 11 is 6.98. The molecule has 1 unspecified atom stereocenters. The van der Waals surface area contributed by atoms with Crippen molar-refractivity contribution in [2.45, 2.75) is 11.7 Å². The topological polar surface area (TPSA) is 84.0 Å². The minimum atomic E-state index is -0.522. The van der Waals surface area contributed by atoms with Gasteiger partial charge < -0.3 is 9.73 Å². The normalized spacial score (nSPS) is 19.1. The summed E-state index contributed by atoms with van der Waals surface area (Å²) in [6.07, 6.45) is 3.05. The van der Waals surface area contributed by atoms with Gasteiger partial charge in [0.2, 0.25) is 5.91 Å². The number of ketones is 1. The first-order chi connectivity index (χ1) is 11.6. The lowest BCUT2D eigenvalue weighted by Crippen LogP contribution is -2.26. The van der Waals surface area contributed by atoms with Crippen molar-refractivity contribution in [1.29, 1.82) is 0 Å². The number of amides is 1. The van der Waals surface area contributed by atoms with Crippen molar-refractivity contribution in [3.8, 4) is 0 Å². The number of amidine groups is 1. The number of Topliss-reactive ketones (excluding diaryl/α,β-unsaturated/α-hetero) is 1. The fraction of sp³-hybridized carbons (Fsp3) is 0.125. The second-order valence-corrected chi connectivity index (χ2v) is 6.52. The Hall–Kier alpha value is -2.38. The third-order valence-corrected chi connectivity index (χ3v) is 4.51. The molecule has 1 atom stereocenters. The first-order valence-electron chi connectivity index (χ1n) is 7.02. The molecule has 1 aliphatic rings. The van der Waals surface area contributed by atoms with E-state index < -0.39 is 5.25 Å². The molecule has 0 aliphatic carbocycles. The minimum absolute atomic E-state index is 0.0824. The number of hydrogen-bond donors (Lipinski definition) is 1. The molecule has 0 bridgehead atoms. The van der Waals surface area contributed by atoms with Crippen LogP contribution in [0.15, 0.2) is 57.3 Å². The van der Waals surface area contributed by atoms with Crippen LogP contribution in [0.25, 0.3) is 0 Å². The highest BCUT2D eigenvalue weighted by molar-refractivity contribution is 8.15. The van der Waals surface area contributed by atoms with Crippen LogP contribution in [0.4, 0.5) is 0 Å². The number of carbonyl (C=O) groups excluding carboxylic acids is 2. The van der Waals surface area contributed by atoms with Gasteiger partial charge in [-0.15, -0.1) is 5.10 Å². The first-order valence-corrected chi connectivity index (χ1v) is 8.28. The molecule has 1 aliphatic heterocycles. The van der Waals surface area contributed by atoms with Gasteiger partial charge in [0.05, 0.1) is 17.7 Å². The highest BCUT2D eigenvalue weighted by atomic mass is 35.5. The lowest BCUT2D eigenvalue weighted by atomic mass is 10.1. The Bertz CT molecular complexity index is 800. The van der Waals surface area contributed by atoms with Gasteiger partial charge in [0.15, 0.2) is 11.0 Å². The summed E-state index contributed by atoms with van der Waals surface area (Å²) < 4.78 is 5.08. The summed E-state index contributed by atoms with van der Waals surface area (Å²) in [6.45, 7) is 0. The summed E-state index contributed by atoms with van der Waals surface area (Å²) in [6, 6.07) is 10.0. The number of furan rings is 1. The lowest BCUT2D eigenvalue weighted by Gasteiger charge is -2.04. The number of rotatable bonds is 5. The van der Waals surface area contributed by atoms with Crippen LogP contribution in [0, 0.1) is 0 Å². The van der Waals surface area contributed by atoms with Crippen molar-refractivity contribution < 1.29 is 14.0 Å². The van der Waals surface area contributed by atoms with E-state index in [9.17, 15) is 9.59 Å². The predicted octanol–water partition coefficient (Wildman–Crippen LogP) is 3.13. The molecule has 24 heavy (non-hydrogen) atoms. The Morgan fingerprint density at radius 1 is 1.33 bits per heavy atom. The van der Waals surface area contributed by atoms with Gasteiger partial charge in [-0.3, -0.25) is 9.59 Å². The zero-order valence-electron chi connectivity index (χ0n) is 12.3. The Morgan fingerprint density at radius 2 is 2.12 bits per heavy atom. The highest BCUT2D eigenvalue weighted by Crippen LogP contribution is 2.24. The average molecular weight is 362 g/mol. The minimum Gasteiger partial charge on any atom is -0.463 e. The molecule has 0 spiro atoms. The van der Waals surface area contributed by atoms with Crippen LogP contribution in [-0.2, 0) is 4.79 Å². The maximum absolute atomic E-state index is 12.2. The number of benzene rings is 1. The van der Waals surface area contributed by atoms with E-state index in [0.717, 1.165) is 0 Å². The van der Waals surface area contributed by atoms with Gasteiger partial charge in [0.1, 0.15) is 5.76 Å². The molecule has 6 nitrogen and oxygen atoms in total. The number of hydrogen-bond acceptors (Lipinski definition) is 6. The summed E-state index contributed by atoms with van der Waals surface area (Å²) in [7, 11) is 0. The lowest BCUT2D eigenvalue weighted by molar-refractivity contribution is -0.118. The van der Waals surface area contributed by atoms with Crippen LogP contribution in [-0.4, -0.2) is 28.3 Å². The third-order valence-electron chi connectivity index (χ3n) is 3.19. The molecule has 1 saturated heterocycles. The molecule has 1 aromatic heterocycles. The predicted molar refractivity (Wildman–Crippen MR) is 93.7 cm³/mol. The van der Waals surface area contributed by atoms with Crippen LogP contribution < -0.4 is 5.32 Å². The van der Waals surface area contributed by atoms with E-state index in [2.05, 4.69) is 15.5 Å². The first kappa shape index (κ1) is 16.5. The maximum atomic E-state index is 12.2. The second kappa shape index (κ2) is 7.46. The molecule has 2 heterocycles. The Labute approximate surface area is 147 Å². The molecular weight excluding hydrogens is 350 g/mol. The van der Waals surface area contributed by atoms with Crippen molar-refractivity contribution in [2.24, 2.45) is 10.2 Å². The van der Waals surface area contributed by atoms with Gasteiger partial charge in [0, 0.05) is 17.0 Å². The van der Waals surface area contributed by atoms with Gasteiger partial charge in [0.25, 0.3) is 0 Å². The van der Waals surface area contributed by atoms with Crippen LogP contribution in [0.5, 0.6) is 0 Å². The Kier molecular flexibility index (Phi) is 5.12. The summed E-state index contributed by atoms with van der Waals surface area (Å²) in [5.41, 5.74) is 0.522. The number of carbonyl (C=O) groups is 2. The van der Waals surface area contributed by atoms with Crippen molar-refractivity contribution in [2.75, 3.05) is 0 Å². The van der Waals surface area contributed by atoms with Crippen molar-refractivity contribution >= 4 is 46.4 Å². The SMILES string of the molecule is O=C(CC1SC(=NN=Cc2ccco2)NC1=O)c1ccc(Cl)cc1. The quantitative estimate of drug-likeness (QED) is 0.503. The molecule has 3 rings (SSSR count). The highest BCUT2D eigenvalue weighted by Gasteiger charge is 2.32. The van der Waals surface area contributed by atoms with E-state index in [1.807, 2.05) is 0 Å². The van der Waals surface area contributed by atoms with E-state index in [1.54, 1.807) is 36.4 Å². The van der Waals surface area contributed by atoms with Crippen LogP contribution in [0.2, 0.25) is 5.02 Å². The van der Waals surface area contributed by atoms with E-state index in [0.29, 0.717) is 21.5 Å². The number of thioether (sulfide) groups is 1. The molecule has 8 heteroatoms. The van der Waals surface area contributed by atoms with Crippen LogP contribution >= 0.6 is 23.4 Å². The zero-order chi connectivity index (χ0) is 16.9. The fourth-order valence-corrected chi connectivity index (χ4v) is 3.06. The van der Waals surface area contributed by atoms with Crippen LogP contribution in [0.3, 0.4) is 0 Å². The standard InChI is InChI=1S/C16H12ClN3O3S/c17-11-5-3-10(4-6-11)13(21)8-14-15(22)19-16(24-14)20-18-9-12-2-1-7-23-12/h1-7,9,14H,8H2,(H,19,20,22). The molecule has 2 aromatic rings. The zero-order valence-corrected chi connectivity index (χ0v) is 13.9. The molecule has 0 saturated carbocycles. The van der Waals surface area contributed by atoms with E-state index >= 15 is 0 Å². The van der Waals surface area contributed by atoms with Crippen molar-refractivity contribution in [1.82, 2.24) is 5.32 Å². The van der Waals surface area contributed by atoms with Gasteiger partial charge in [-0.25, -0.2) is 0 Å². The van der Waals surface area contributed by atoms with E-state index in [1.165, 1.54) is 24.2 Å². The van der Waals surface area contributed by atoms with E-state index in [-0.39, 0.29) is 18.1 Å². The summed E-state index contributed by atoms with van der Waals surface area (Å²) in [5.74, 6) is 0.178. The van der Waals surface area contributed by atoms with Gasteiger partial charge in [-0.05, 0) is 36.4 Å². The summed E-state index contributed by atoms with van der Waals surface area (Å²) in [4.78, 5) is 24.2. The van der Waals surface area contributed by atoms with Crippen molar-refractivity contribution in [3.63, 3.8) is 0 Å². The molecule has 1 N–H and O–H groups in total. The molecule has 1 amide bonds. The fourth-order valence-electron chi connectivity index (χ4n) is 2.01. The van der Waals surface area contributed by atoms with Gasteiger partial charge in [-0.2, -0.15) is 5.10 Å². The van der Waals surface area contributed by atoms with Crippen LogP contribution in [0.1, 0.15) is 22.5 Å². The Balaban J connectivity index is 1.60. The molecule has 122 valence electrons. The molecular formula is C16H12ClN3O3S. The molecule has 1 aromatic carbocycles. The number of halogens is 1. The monoisotopic (exact) mass is 361 g/mol. The maximum Gasteiger partial charge on any atom is 0.240 e. The average Bonchev–Trinajstić information content (AvgIpc) is 3.19. The smallest absolute Gasteiger partial charge is 0.240 e. The summed E-state index contributed by atoms with van der Waals surface area (Å²) in [5, 5.41) is 10.8. The largest absolute Gasteiger partial charge is 0.463 e. The molecule has 1 fully saturated rings. The van der Waals surface area contributed by atoms with Crippen molar-refractivity contribution in [3.05, 3.63) is 59.0 Å². The number of nitrogens with one attached hydrogen (secondary N) is 1. The third kappa shape index (κ3) is 4.12. The number of nitrogens with zero attached hydrogens (tertiary/aromatic N) is 2. The Morgan fingerprint density at radius 3 is 2.83 bits per heavy atom. The van der Waals surface area contributed by atoms with E-state index in [4.69, 9.17) is 16.0 Å².